The molecule has 122 valence electrons. The van der Waals surface area contributed by atoms with Crippen LogP contribution in [-0.4, -0.2) is 28.4 Å². The molecule has 2 aromatic rings. The molecule has 0 radical (unpaired) electrons. The van der Waals surface area contributed by atoms with Crippen molar-refractivity contribution in [3.8, 4) is 5.75 Å². The average Bonchev–Trinajstić information content (AvgIpc) is 2.78. The number of Topliss-reactive ketones (excluding diaryl/α,β-unsaturated/α-hetero) is 1. The summed E-state index contributed by atoms with van der Waals surface area (Å²) in [5.41, 5.74) is -0.909. The number of amides is 1. The molecule has 0 bridgehead atoms. The quantitative estimate of drug-likeness (QED) is 0.654. The molecule has 0 saturated heterocycles. The minimum Gasteiger partial charge on any atom is -0.507 e. The molecule has 0 fully saturated rings. The van der Waals surface area contributed by atoms with Gasteiger partial charge in [0, 0.05) is 12.1 Å². The third-order valence-electron chi connectivity index (χ3n) is 4.17. The second kappa shape index (κ2) is 5.94. The summed E-state index contributed by atoms with van der Waals surface area (Å²) >= 11 is 0. The van der Waals surface area contributed by atoms with Gasteiger partial charge in [-0.1, -0.05) is 36.4 Å². The van der Waals surface area contributed by atoms with Crippen molar-refractivity contribution in [2.24, 2.45) is 0 Å². The van der Waals surface area contributed by atoms with Crippen LogP contribution < -0.4 is 4.90 Å². The summed E-state index contributed by atoms with van der Waals surface area (Å²) < 4.78 is 0. The van der Waals surface area contributed by atoms with E-state index in [1.165, 1.54) is 17.0 Å². The minimum atomic E-state index is -1.95. The second-order valence-corrected chi connectivity index (χ2v) is 5.70. The number of phenols is 1. The smallest absolute Gasteiger partial charge is 0.264 e. The van der Waals surface area contributed by atoms with E-state index < -0.39 is 23.7 Å². The van der Waals surface area contributed by atoms with Crippen molar-refractivity contribution >= 4 is 17.4 Å². The molecule has 5 heteroatoms. The van der Waals surface area contributed by atoms with Crippen LogP contribution in [0.25, 0.3) is 0 Å². The predicted molar refractivity (Wildman–Crippen MR) is 89.9 cm³/mol. The van der Waals surface area contributed by atoms with Crippen LogP contribution in [0.2, 0.25) is 0 Å². The Morgan fingerprint density at radius 1 is 1.17 bits per heavy atom. The van der Waals surface area contributed by atoms with Crippen LogP contribution in [0.3, 0.4) is 0 Å². The fourth-order valence-electron chi connectivity index (χ4n) is 3.02. The third kappa shape index (κ3) is 2.39. The first-order chi connectivity index (χ1) is 11.5. The van der Waals surface area contributed by atoms with Gasteiger partial charge in [-0.3, -0.25) is 9.59 Å². The summed E-state index contributed by atoms with van der Waals surface area (Å²) in [6.45, 7) is 3.86. The Labute approximate surface area is 139 Å². The number of nitrogens with zero attached hydrogens (tertiary/aromatic N) is 1. The fourth-order valence-corrected chi connectivity index (χ4v) is 3.02. The van der Waals surface area contributed by atoms with E-state index in [9.17, 15) is 19.8 Å². The van der Waals surface area contributed by atoms with Crippen LogP contribution in [-0.2, 0) is 10.4 Å². The molecule has 0 spiro atoms. The molecule has 3 rings (SSSR count). The van der Waals surface area contributed by atoms with Gasteiger partial charge in [-0.25, -0.2) is 0 Å². The number of benzene rings is 2. The summed E-state index contributed by atoms with van der Waals surface area (Å²) in [7, 11) is 0. The van der Waals surface area contributed by atoms with E-state index in [1.807, 2.05) is 0 Å². The molecule has 1 aliphatic heterocycles. The maximum Gasteiger partial charge on any atom is 0.264 e. The summed E-state index contributed by atoms with van der Waals surface area (Å²) in [6, 6.07) is 12.9. The number of anilines is 1. The lowest BCUT2D eigenvalue weighted by atomic mass is 9.88. The van der Waals surface area contributed by atoms with Crippen molar-refractivity contribution in [2.45, 2.75) is 12.0 Å². The number of carbonyl (C=O) groups is 2. The highest BCUT2D eigenvalue weighted by molar-refractivity contribution is 6.11. The van der Waals surface area contributed by atoms with Gasteiger partial charge in [0.2, 0.25) is 0 Å². The van der Waals surface area contributed by atoms with Gasteiger partial charge in [0.15, 0.2) is 11.4 Å². The summed E-state index contributed by atoms with van der Waals surface area (Å²) in [6.07, 6.45) is 1.12. The highest BCUT2D eigenvalue weighted by atomic mass is 16.3. The number of rotatable bonds is 5. The molecule has 2 aromatic carbocycles. The Morgan fingerprint density at radius 3 is 2.54 bits per heavy atom. The number of aromatic hydroxyl groups is 1. The van der Waals surface area contributed by atoms with Crippen molar-refractivity contribution in [3.05, 3.63) is 72.3 Å². The summed E-state index contributed by atoms with van der Waals surface area (Å²) in [5.74, 6) is -1.24. The minimum absolute atomic E-state index is 0.0818. The van der Waals surface area contributed by atoms with E-state index in [1.54, 1.807) is 42.5 Å². The molecule has 1 heterocycles. The Morgan fingerprint density at radius 2 is 1.83 bits per heavy atom. The van der Waals surface area contributed by atoms with Crippen molar-refractivity contribution < 1.29 is 19.8 Å². The molecule has 0 aliphatic carbocycles. The first-order valence-electron chi connectivity index (χ1n) is 7.55. The third-order valence-corrected chi connectivity index (χ3v) is 4.17. The van der Waals surface area contributed by atoms with E-state index in [-0.39, 0.29) is 17.9 Å². The van der Waals surface area contributed by atoms with E-state index in [2.05, 4.69) is 6.58 Å². The van der Waals surface area contributed by atoms with E-state index in [0.29, 0.717) is 11.3 Å². The Bertz CT molecular complexity index is 830. The topological polar surface area (TPSA) is 77.8 Å². The maximum atomic E-state index is 12.7. The molecular weight excluding hydrogens is 306 g/mol. The fraction of sp³-hybridized carbons (Fsp3) is 0.158. The summed E-state index contributed by atoms with van der Waals surface area (Å²) in [4.78, 5) is 26.7. The Hall–Kier alpha value is -2.92. The molecule has 0 aromatic heterocycles. The maximum absolute atomic E-state index is 12.7. The molecule has 1 aliphatic rings. The van der Waals surface area contributed by atoms with Crippen LogP contribution >= 0.6 is 0 Å². The van der Waals surface area contributed by atoms with Crippen LogP contribution in [0.1, 0.15) is 22.3 Å². The average molecular weight is 323 g/mol. The highest BCUT2D eigenvalue weighted by Gasteiger charge is 2.50. The monoisotopic (exact) mass is 323 g/mol. The van der Waals surface area contributed by atoms with E-state index in [0.717, 1.165) is 0 Å². The van der Waals surface area contributed by atoms with Gasteiger partial charge >= 0.3 is 0 Å². The molecule has 5 nitrogen and oxygen atoms in total. The number of hydrogen-bond acceptors (Lipinski definition) is 4. The lowest BCUT2D eigenvalue weighted by Crippen LogP contribution is -2.41. The molecule has 0 saturated carbocycles. The van der Waals surface area contributed by atoms with Gasteiger partial charge in [0.1, 0.15) is 5.75 Å². The van der Waals surface area contributed by atoms with Gasteiger partial charge in [-0.15, -0.1) is 6.58 Å². The zero-order valence-electron chi connectivity index (χ0n) is 13.0. The highest BCUT2D eigenvalue weighted by Crippen LogP contribution is 2.43. The first-order valence-corrected chi connectivity index (χ1v) is 7.55. The predicted octanol–water partition coefficient (Wildman–Crippen LogP) is 2.39. The lowest BCUT2D eigenvalue weighted by Gasteiger charge is -2.22. The van der Waals surface area contributed by atoms with Crippen molar-refractivity contribution in [2.75, 3.05) is 11.4 Å². The van der Waals surface area contributed by atoms with Crippen LogP contribution in [0, 0.1) is 0 Å². The molecule has 1 atom stereocenters. The van der Waals surface area contributed by atoms with Crippen LogP contribution in [0.15, 0.2) is 61.2 Å². The van der Waals surface area contributed by atoms with Gasteiger partial charge < -0.3 is 15.1 Å². The normalized spacial score (nSPS) is 19.2. The van der Waals surface area contributed by atoms with Crippen LogP contribution in [0.4, 0.5) is 5.69 Å². The zero-order chi connectivity index (χ0) is 17.3. The van der Waals surface area contributed by atoms with Gasteiger partial charge in [-0.05, 0) is 18.2 Å². The first kappa shape index (κ1) is 16.0. The number of fused-ring (bicyclic) bond motifs is 1. The number of carbonyl (C=O) groups excluding carboxylic acids is 2. The standard InChI is InChI=1S/C19H17NO4/c1-2-11-20-15-9-5-4-8-14(15)19(24,18(20)23)12-17(22)13-7-3-6-10-16(13)21/h2-10,21,24H,1,11-12H2. The Balaban J connectivity index is 2.00. The van der Waals surface area contributed by atoms with Crippen LogP contribution in [0.5, 0.6) is 5.75 Å². The number of phenolic OH excluding ortho intramolecular Hbond substituents is 1. The lowest BCUT2D eigenvalue weighted by molar-refractivity contribution is -0.135. The SMILES string of the molecule is C=CCN1C(=O)C(O)(CC(=O)c2ccccc2O)c2ccccc21. The van der Waals surface area contributed by atoms with E-state index in [4.69, 9.17) is 0 Å². The zero-order valence-corrected chi connectivity index (χ0v) is 13.0. The Kier molecular flexibility index (Phi) is 3.95. The number of para-hydroxylation sites is 2. The largest absolute Gasteiger partial charge is 0.507 e. The van der Waals surface area contributed by atoms with Gasteiger partial charge in [-0.2, -0.15) is 0 Å². The molecule has 24 heavy (non-hydrogen) atoms. The van der Waals surface area contributed by atoms with Gasteiger partial charge in [0.05, 0.1) is 17.7 Å². The molecule has 1 amide bonds. The molecule has 1 unspecified atom stereocenters. The van der Waals surface area contributed by atoms with E-state index >= 15 is 0 Å². The van der Waals surface area contributed by atoms with Crippen molar-refractivity contribution in [1.82, 2.24) is 0 Å². The summed E-state index contributed by atoms with van der Waals surface area (Å²) in [5, 5.41) is 20.8. The number of ketones is 1. The van der Waals surface area contributed by atoms with Crippen molar-refractivity contribution in [3.63, 3.8) is 0 Å². The number of hydrogen-bond donors (Lipinski definition) is 2. The molecular formula is C19H17NO4. The van der Waals surface area contributed by atoms with Gasteiger partial charge in [0.25, 0.3) is 5.91 Å². The number of aliphatic hydroxyl groups is 1. The molecule has 2 N–H and O–H groups in total. The second-order valence-electron chi connectivity index (χ2n) is 5.70. The van der Waals surface area contributed by atoms with Crippen molar-refractivity contribution in [1.29, 1.82) is 0 Å².